The second-order valence-corrected chi connectivity index (χ2v) is 6.44. The first-order chi connectivity index (χ1) is 14.1. The Labute approximate surface area is 169 Å². The third-order valence-electron chi connectivity index (χ3n) is 4.82. The summed E-state index contributed by atoms with van der Waals surface area (Å²) in [6.45, 7) is 0.398. The van der Waals surface area contributed by atoms with Crippen LogP contribution in [0, 0.1) is 0 Å². The van der Waals surface area contributed by atoms with Gasteiger partial charge in [0, 0.05) is 18.7 Å². The highest BCUT2D eigenvalue weighted by Crippen LogP contribution is 2.41. The molecule has 7 heteroatoms. The monoisotopic (exact) mass is 399 g/mol. The molecule has 0 heterocycles. The van der Waals surface area contributed by atoms with Crippen molar-refractivity contribution in [2.24, 2.45) is 0 Å². The van der Waals surface area contributed by atoms with Gasteiger partial charge in [-0.3, -0.25) is 4.79 Å². The number of nitrogens with one attached hydrogen (secondary N) is 1. The fraction of sp³-hybridized carbons (Fsp3) is 0.318. The van der Waals surface area contributed by atoms with E-state index in [0.717, 1.165) is 21.5 Å². The molecular formula is C22H25NO6. The third kappa shape index (κ3) is 3.86. The van der Waals surface area contributed by atoms with E-state index in [1.54, 1.807) is 34.5 Å². The van der Waals surface area contributed by atoms with E-state index < -0.39 is 0 Å². The first-order valence-corrected chi connectivity index (χ1v) is 9.21. The molecule has 0 aromatic heterocycles. The summed E-state index contributed by atoms with van der Waals surface area (Å²) < 4.78 is 21.8. The van der Waals surface area contributed by atoms with Gasteiger partial charge in [-0.2, -0.15) is 0 Å². The summed E-state index contributed by atoms with van der Waals surface area (Å²) in [7, 11) is 6.28. The molecule has 154 valence electrons. The lowest BCUT2D eigenvalue weighted by Gasteiger charge is -2.16. The zero-order valence-corrected chi connectivity index (χ0v) is 17.0. The van der Waals surface area contributed by atoms with Crippen LogP contribution in [0.5, 0.6) is 23.0 Å². The van der Waals surface area contributed by atoms with Crippen molar-refractivity contribution in [2.45, 2.75) is 6.42 Å². The summed E-state index contributed by atoms with van der Waals surface area (Å²) in [6.07, 6.45) is 0.486. The van der Waals surface area contributed by atoms with E-state index >= 15 is 0 Å². The van der Waals surface area contributed by atoms with Gasteiger partial charge in [-0.1, -0.05) is 0 Å². The van der Waals surface area contributed by atoms with Crippen LogP contribution >= 0.6 is 0 Å². The molecule has 3 rings (SSSR count). The number of hydrogen-bond donors (Lipinski definition) is 2. The lowest BCUT2D eigenvalue weighted by atomic mass is 9.95. The van der Waals surface area contributed by atoms with Crippen molar-refractivity contribution in [3.8, 4) is 23.0 Å². The van der Waals surface area contributed by atoms with Crippen LogP contribution in [0.1, 0.15) is 16.8 Å². The molecule has 0 fully saturated rings. The van der Waals surface area contributed by atoms with Gasteiger partial charge in [-0.25, -0.2) is 0 Å². The molecule has 0 aliphatic heterocycles. The molecule has 1 amide bonds. The number of amides is 1. The maximum atomic E-state index is 12.9. The minimum atomic E-state index is -0.229. The molecule has 0 aliphatic rings. The zero-order valence-electron chi connectivity index (χ0n) is 17.0. The van der Waals surface area contributed by atoms with Gasteiger partial charge in [0.25, 0.3) is 5.91 Å². The largest absolute Gasteiger partial charge is 0.493 e. The van der Waals surface area contributed by atoms with Gasteiger partial charge in [0.15, 0.2) is 23.0 Å². The van der Waals surface area contributed by atoms with Gasteiger partial charge in [-0.05, 0) is 58.3 Å². The molecule has 0 spiro atoms. The summed E-state index contributed by atoms with van der Waals surface area (Å²) in [5.74, 6) is 2.04. The molecule has 3 aromatic carbocycles. The Balaban J connectivity index is 2.33. The standard InChI is InChI=1S/C22H25NO6/c1-26-18-9-13-8-17(22(25)23-6-5-7-24)16-12-21(29-4)20(28-3)11-15(16)14(13)10-19(18)27-2/h8-12,24H,5-7H2,1-4H3,(H,23,25). The van der Waals surface area contributed by atoms with E-state index in [-0.39, 0.29) is 12.5 Å². The minimum Gasteiger partial charge on any atom is -0.493 e. The average molecular weight is 399 g/mol. The molecule has 0 radical (unpaired) electrons. The molecule has 0 saturated carbocycles. The van der Waals surface area contributed by atoms with Crippen LogP contribution in [0.15, 0.2) is 30.3 Å². The summed E-state index contributed by atoms with van der Waals surface area (Å²) in [5, 5.41) is 15.1. The minimum absolute atomic E-state index is 0.0146. The zero-order chi connectivity index (χ0) is 21.0. The first kappa shape index (κ1) is 20.5. The van der Waals surface area contributed by atoms with Crippen molar-refractivity contribution in [2.75, 3.05) is 41.6 Å². The Morgan fingerprint density at radius 3 is 1.86 bits per heavy atom. The number of aliphatic hydroxyl groups is 1. The van der Waals surface area contributed by atoms with Crippen molar-refractivity contribution in [1.29, 1.82) is 0 Å². The Hall–Kier alpha value is -3.19. The normalized spacial score (nSPS) is 10.8. The predicted octanol–water partition coefficient (Wildman–Crippen LogP) is 3.14. The second kappa shape index (κ2) is 8.87. The number of fused-ring (bicyclic) bond motifs is 3. The molecule has 29 heavy (non-hydrogen) atoms. The number of hydrogen-bond acceptors (Lipinski definition) is 6. The number of ether oxygens (including phenoxy) is 4. The lowest BCUT2D eigenvalue weighted by molar-refractivity contribution is 0.0953. The summed E-state index contributed by atoms with van der Waals surface area (Å²) in [6, 6.07) is 9.20. The van der Waals surface area contributed by atoms with E-state index in [1.807, 2.05) is 24.3 Å². The van der Waals surface area contributed by atoms with Crippen LogP contribution in [0.4, 0.5) is 0 Å². The van der Waals surface area contributed by atoms with Gasteiger partial charge in [0.05, 0.1) is 28.4 Å². The highest BCUT2D eigenvalue weighted by Gasteiger charge is 2.18. The molecule has 3 aromatic rings. The Kier molecular flexibility index (Phi) is 6.29. The summed E-state index contributed by atoms with van der Waals surface area (Å²) in [4.78, 5) is 12.9. The van der Waals surface area contributed by atoms with Gasteiger partial charge < -0.3 is 29.4 Å². The average Bonchev–Trinajstić information content (AvgIpc) is 2.76. The smallest absolute Gasteiger partial charge is 0.251 e. The number of aliphatic hydroxyl groups excluding tert-OH is 1. The molecule has 7 nitrogen and oxygen atoms in total. The quantitative estimate of drug-likeness (QED) is 0.447. The van der Waals surface area contributed by atoms with Crippen molar-refractivity contribution in [1.82, 2.24) is 5.32 Å². The molecule has 2 N–H and O–H groups in total. The lowest BCUT2D eigenvalue weighted by Crippen LogP contribution is -2.25. The summed E-state index contributed by atoms with van der Waals surface area (Å²) >= 11 is 0. The highest BCUT2D eigenvalue weighted by atomic mass is 16.5. The van der Waals surface area contributed by atoms with Gasteiger partial charge in [0.1, 0.15) is 0 Å². The molecular weight excluding hydrogens is 374 g/mol. The maximum absolute atomic E-state index is 12.9. The van der Waals surface area contributed by atoms with Crippen LogP contribution in [0.25, 0.3) is 21.5 Å². The van der Waals surface area contributed by atoms with Crippen LogP contribution in [0.2, 0.25) is 0 Å². The number of rotatable bonds is 8. The molecule has 0 bridgehead atoms. The number of carbonyl (C=O) groups is 1. The fourth-order valence-electron chi connectivity index (χ4n) is 3.37. The highest BCUT2D eigenvalue weighted by molar-refractivity contribution is 6.18. The SMILES string of the molecule is COc1cc2cc(C(=O)NCCCO)c3cc(OC)c(OC)cc3c2cc1OC. The Morgan fingerprint density at radius 1 is 0.793 bits per heavy atom. The number of benzene rings is 3. The molecule has 0 saturated heterocycles. The van der Waals surface area contributed by atoms with Gasteiger partial charge in [-0.15, -0.1) is 0 Å². The maximum Gasteiger partial charge on any atom is 0.251 e. The van der Waals surface area contributed by atoms with Crippen LogP contribution in [-0.2, 0) is 0 Å². The predicted molar refractivity (Wildman–Crippen MR) is 112 cm³/mol. The fourth-order valence-corrected chi connectivity index (χ4v) is 3.37. The first-order valence-electron chi connectivity index (χ1n) is 9.21. The topological polar surface area (TPSA) is 86.3 Å². The van der Waals surface area contributed by atoms with Crippen LogP contribution in [0.3, 0.4) is 0 Å². The summed E-state index contributed by atoms with van der Waals surface area (Å²) in [5.41, 5.74) is 0.499. The number of carbonyl (C=O) groups excluding carboxylic acids is 1. The molecule has 0 atom stereocenters. The Morgan fingerprint density at radius 2 is 1.31 bits per heavy atom. The van der Waals surface area contributed by atoms with Gasteiger partial charge in [0.2, 0.25) is 0 Å². The van der Waals surface area contributed by atoms with E-state index in [4.69, 9.17) is 24.1 Å². The van der Waals surface area contributed by atoms with Crippen molar-refractivity contribution in [3.63, 3.8) is 0 Å². The second-order valence-electron chi connectivity index (χ2n) is 6.44. The van der Waals surface area contributed by atoms with Gasteiger partial charge >= 0.3 is 0 Å². The van der Waals surface area contributed by atoms with E-state index in [1.165, 1.54) is 0 Å². The molecule has 0 unspecified atom stereocenters. The van der Waals surface area contributed by atoms with E-state index in [9.17, 15) is 4.79 Å². The Bertz CT molecular complexity index is 1050. The molecule has 0 aliphatic carbocycles. The van der Waals surface area contributed by atoms with Crippen molar-refractivity contribution >= 4 is 27.5 Å². The van der Waals surface area contributed by atoms with E-state index in [0.29, 0.717) is 41.5 Å². The van der Waals surface area contributed by atoms with Crippen LogP contribution < -0.4 is 24.3 Å². The van der Waals surface area contributed by atoms with Crippen molar-refractivity contribution in [3.05, 3.63) is 35.9 Å². The van der Waals surface area contributed by atoms with Crippen LogP contribution in [-0.4, -0.2) is 52.6 Å². The number of methoxy groups -OCH3 is 4. The van der Waals surface area contributed by atoms with E-state index in [2.05, 4.69) is 5.32 Å². The third-order valence-corrected chi connectivity index (χ3v) is 4.82. The van der Waals surface area contributed by atoms with Crippen molar-refractivity contribution < 1.29 is 28.8 Å².